The Hall–Kier alpha value is -4.47. The van der Waals surface area contributed by atoms with Crippen LogP contribution in [-0.2, 0) is 29.1 Å². The topological polar surface area (TPSA) is 195 Å². The van der Waals surface area contributed by atoms with Crippen LogP contribution in [0.3, 0.4) is 0 Å². The lowest BCUT2D eigenvalue weighted by Gasteiger charge is -2.31. The van der Waals surface area contributed by atoms with Crippen molar-refractivity contribution in [3.05, 3.63) is 36.0 Å². The first-order valence-electron chi connectivity index (χ1n) is 20.0. The van der Waals surface area contributed by atoms with E-state index in [0.29, 0.717) is 61.0 Å². The van der Waals surface area contributed by atoms with Crippen molar-refractivity contribution in [1.82, 2.24) is 30.2 Å². The van der Waals surface area contributed by atoms with Crippen LogP contribution in [0, 0.1) is 12.8 Å². The van der Waals surface area contributed by atoms with Gasteiger partial charge >= 0.3 is 6.09 Å². The summed E-state index contributed by atoms with van der Waals surface area (Å²) in [5.41, 5.74) is -0.400. The summed E-state index contributed by atoms with van der Waals surface area (Å²) in [5.74, 6) is -1.50. The number of hydrogen-bond donors (Lipinski definition) is 3. The van der Waals surface area contributed by atoms with E-state index in [-0.39, 0.29) is 25.3 Å². The van der Waals surface area contributed by atoms with Crippen molar-refractivity contribution < 1.29 is 41.8 Å². The van der Waals surface area contributed by atoms with Gasteiger partial charge in [-0.3, -0.25) is 19.1 Å². The van der Waals surface area contributed by atoms with Crippen LogP contribution in [0.1, 0.15) is 109 Å². The summed E-state index contributed by atoms with van der Waals surface area (Å²) in [6, 6.07) is 3.22. The lowest BCUT2D eigenvalue weighted by molar-refractivity contribution is -0.141. The summed E-state index contributed by atoms with van der Waals surface area (Å²) < 4.78 is 45.4. The van der Waals surface area contributed by atoms with Gasteiger partial charge in [0.1, 0.15) is 40.8 Å². The number of amides is 4. The first-order chi connectivity index (χ1) is 26.7. The van der Waals surface area contributed by atoms with Crippen molar-refractivity contribution in [2.24, 2.45) is 5.92 Å². The van der Waals surface area contributed by atoms with Crippen LogP contribution >= 0.6 is 0 Å². The number of carbonyl (C=O) groups is 4. The van der Waals surface area contributed by atoms with Gasteiger partial charge in [-0.1, -0.05) is 31.9 Å². The van der Waals surface area contributed by atoms with Gasteiger partial charge in [0.25, 0.3) is 5.91 Å². The number of ether oxygens (including phenoxy) is 3. The number of carbonyl (C=O) groups excluding carboxylic acids is 4. The number of alkyl carbamates (subject to hydrolysis) is 1. The van der Waals surface area contributed by atoms with Crippen molar-refractivity contribution in [2.75, 3.05) is 13.7 Å². The van der Waals surface area contributed by atoms with Crippen LogP contribution in [0.25, 0.3) is 11.0 Å². The summed E-state index contributed by atoms with van der Waals surface area (Å²) in [6.07, 6.45) is 10.9. The molecule has 1 aromatic heterocycles. The lowest BCUT2D eigenvalue weighted by atomic mass is 9.99. The molecule has 5 aliphatic rings. The number of nitrogens with one attached hydrogen (secondary N) is 3. The van der Waals surface area contributed by atoms with Crippen molar-refractivity contribution in [1.29, 1.82) is 0 Å². The van der Waals surface area contributed by atoms with E-state index in [4.69, 9.17) is 19.2 Å². The monoisotopic (exact) mass is 794 g/mol. The van der Waals surface area contributed by atoms with Crippen LogP contribution in [0.4, 0.5) is 4.79 Å². The molecule has 2 aromatic rings. The minimum Gasteiger partial charge on any atom is -0.497 e. The van der Waals surface area contributed by atoms with Crippen LogP contribution in [0.2, 0.25) is 0 Å². The van der Waals surface area contributed by atoms with E-state index in [1.807, 2.05) is 19.1 Å². The van der Waals surface area contributed by atoms with E-state index in [1.165, 1.54) is 4.90 Å². The maximum absolute atomic E-state index is 14.7. The summed E-state index contributed by atoms with van der Waals surface area (Å²) in [7, 11) is -2.43. The molecule has 3 heterocycles. The predicted octanol–water partition coefficient (Wildman–Crippen LogP) is 4.51. The van der Waals surface area contributed by atoms with E-state index >= 15 is 0 Å². The second kappa shape index (κ2) is 15.5. The average molecular weight is 795 g/mol. The molecule has 3 N–H and O–H groups in total. The van der Waals surface area contributed by atoms with Crippen molar-refractivity contribution >= 4 is 44.9 Å². The Labute approximate surface area is 328 Å². The highest BCUT2D eigenvalue weighted by Crippen LogP contribution is 2.47. The molecule has 1 aromatic carbocycles. The predicted molar refractivity (Wildman–Crippen MR) is 206 cm³/mol. The SMILES string of the molecule is CCC1(OC(=O)N[C@H]2CCCCC/C=C\[C@@H]3C[C@@]3(C(=O)NS(=O)(=O)C3(C)CC3)NC(=O)[C@@H]3C[C@@H](Oc4nc5cc(OC)ccc5nc4C)CN3C2=O)CCCC1. The highest BCUT2D eigenvalue weighted by atomic mass is 32.2. The van der Waals surface area contributed by atoms with Crippen LogP contribution in [0.5, 0.6) is 11.6 Å². The smallest absolute Gasteiger partial charge is 0.408 e. The zero-order valence-corrected chi connectivity index (χ0v) is 33.5. The molecule has 4 amide bonds. The Kier molecular flexibility index (Phi) is 11.0. The molecule has 0 unspecified atom stereocenters. The number of aromatic nitrogens is 2. The number of hydrogen-bond acceptors (Lipinski definition) is 11. The zero-order valence-electron chi connectivity index (χ0n) is 32.7. The maximum Gasteiger partial charge on any atom is 0.408 e. The molecule has 0 bridgehead atoms. The van der Waals surface area contributed by atoms with Gasteiger partial charge in [0.05, 0.1) is 29.4 Å². The first-order valence-corrected chi connectivity index (χ1v) is 21.5. The fourth-order valence-corrected chi connectivity index (χ4v) is 9.68. The van der Waals surface area contributed by atoms with Gasteiger partial charge < -0.3 is 29.7 Å². The number of aryl methyl sites for hydroxylation is 1. The third-order valence-electron chi connectivity index (χ3n) is 12.5. The number of methoxy groups -OCH3 is 1. The van der Waals surface area contributed by atoms with E-state index in [1.54, 1.807) is 39.2 Å². The van der Waals surface area contributed by atoms with Gasteiger partial charge in [0.15, 0.2) is 0 Å². The molecule has 5 atom stereocenters. The fourth-order valence-electron chi connectivity index (χ4n) is 8.36. The highest BCUT2D eigenvalue weighted by Gasteiger charge is 2.63. The summed E-state index contributed by atoms with van der Waals surface area (Å²) in [5, 5.41) is 5.77. The highest BCUT2D eigenvalue weighted by molar-refractivity contribution is 7.91. The number of sulfonamides is 1. The van der Waals surface area contributed by atoms with Crippen LogP contribution < -0.4 is 24.8 Å². The third kappa shape index (κ3) is 8.03. The van der Waals surface area contributed by atoms with Crippen LogP contribution in [0.15, 0.2) is 30.4 Å². The second-order valence-electron chi connectivity index (χ2n) is 16.5. The number of benzene rings is 1. The second-order valence-corrected chi connectivity index (χ2v) is 18.7. The maximum atomic E-state index is 14.7. The number of nitrogens with zero attached hydrogens (tertiary/aromatic N) is 3. The summed E-state index contributed by atoms with van der Waals surface area (Å²) >= 11 is 0. The summed E-state index contributed by atoms with van der Waals surface area (Å²) in [6.45, 7) is 5.33. The van der Waals surface area contributed by atoms with Crippen molar-refractivity contribution in [3.63, 3.8) is 0 Å². The number of rotatable bonds is 9. The third-order valence-corrected chi connectivity index (χ3v) is 14.7. The molecule has 15 nitrogen and oxygen atoms in total. The zero-order chi connectivity index (χ0) is 39.9. The lowest BCUT2D eigenvalue weighted by Crippen LogP contribution is -2.58. The average Bonchev–Trinajstić information content (AvgIpc) is 3.96. The van der Waals surface area contributed by atoms with E-state index in [9.17, 15) is 27.6 Å². The van der Waals surface area contributed by atoms with Gasteiger partial charge in [-0.2, -0.15) is 0 Å². The van der Waals surface area contributed by atoms with Gasteiger partial charge in [0.2, 0.25) is 27.7 Å². The minimum absolute atomic E-state index is 0.0183. The first kappa shape index (κ1) is 39.8. The quantitative estimate of drug-likeness (QED) is 0.303. The molecular weight excluding hydrogens is 741 g/mol. The molecule has 1 saturated heterocycles. The van der Waals surface area contributed by atoms with Crippen molar-refractivity contribution in [3.8, 4) is 11.6 Å². The molecule has 0 spiro atoms. The molecule has 16 heteroatoms. The fraction of sp³-hybridized carbons (Fsp3) is 0.650. The van der Waals surface area contributed by atoms with Gasteiger partial charge in [-0.15, -0.1) is 0 Å². The Morgan fingerprint density at radius 3 is 2.52 bits per heavy atom. The Morgan fingerprint density at radius 1 is 1.04 bits per heavy atom. The minimum atomic E-state index is -3.99. The molecule has 3 aliphatic carbocycles. The summed E-state index contributed by atoms with van der Waals surface area (Å²) in [4.78, 5) is 67.2. The van der Waals surface area contributed by atoms with Gasteiger partial charge in [-0.25, -0.2) is 23.2 Å². The molecule has 304 valence electrons. The van der Waals surface area contributed by atoms with Gasteiger partial charge in [-0.05, 0) is 96.6 Å². The normalized spacial score (nSPS) is 29.1. The van der Waals surface area contributed by atoms with E-state index in [2.05, 4.69) is 20.3 Å². The van der Waals surface area contributed by atoms with E-state index < -0.39 is 73.8 Å². The number of fused-ring (bicyclic) bond motifs is 3. The molecule has 7 rings (SSSR count). The Balaban J connectivity index is 1.18. The largest absolute Gasteiger partial charge is 0.497 e. The molecular formula is C40H54N6O9S. The number of allylic oxidation sites excluding steroid dienone is 1. The Bertz CT molecular complexity index is 2010. The van der Waals surface area contributed by atoms with Gasteiger partial charge in [0, 0.05) is 18.4 Å². The molecule has 0 radical (unpaired) electrons. The van der Waals surface area contributed by atoms with Crippen LogP contribution in [-0.4, -0.2) is 94.8 Å². The molecule has 56 heavy (non-hydrogen) atoms. The molecule has 4 fully saturated rings. The standard InChI is InChI=1S/C40H54N6O9S/c1-5-39(17-11-12-18-39)55-37(50)43-30-14-10-8-6-7-9-13-26-23-40(26,36(49)45-56(51,52)38(3)19-20-38)44-33(47)32-22-28(24-46(32)35(30)48)54-34-25(2)41-29-16-15-27(53-4)21-31(29)42-34/h9,13,15-16,21,26,28,30,32H,5-8,10-12,14,17-20,22-24H2,1-4H3,(H,43,50)(H,44,47)(H,45,49)/b13-9-/t26-,28-,30+,32+,40-/m1/s1. The van der Waals surface area contributed by atoms with E-state index in [0.717, 1.165) is 38.5 Å². The Morgan fingerprint density at radius 2 is 1.80 bits per heavy atom. The molecule has 2 aliphatic heterocycles. The van der Waals surface area contributed by atoms with Crippen molar-refractivity contribution in [2.45, 2.75) is 145 Å². The molecule has 3 saturated carbocycles.